The lowest BCUT2D eigenvalue weighted by Crippen LogP contribution is -2.16. The molecule has 0 aliphatic heterocycles. The van der Waals surface area contributed by atoms with Crippen LogP contribution >= 0.6 is 11.3 Å². The number of halogens is 1. The number of nitrogens with zero attached hydrogens (tertiary/aromatic N) is 1. The summed E-state index contributed by atoms with van der Waals surface area (Å²) < 4.78 is 13.2. The summed E-state index contributed by atoms with van der Waals surface area (Å²) in [6.07, 6.45) is 1.79. The van der Waals surface area contributed by atoms with Crippen molar-refractivity contribution >= 4 is 11.3 Å². The fourth-order valence-electron chi connectivity index (χ4n) is 1.72. The number of benzene rings is 1. The van der Waals surface area contributed by atoms with Crippen molar-refractivity contribution in [1.29, 1.82) is 0 Å². The highest BCUT2D eigenvalue weighted by atomic mass is 32.1. The highest BCUT2D eigenvalue weighted by molar-refractivity contribution is 7.15. The number of phenolic OH excluding ortho intramolecular Hbond substituents is 1. The second-order valence-corrected chi connectivity index (χ2v) is 5.11. The Hall–Kier alpha value is -1.46. The van der Waals surface area contributed by atoms with Gasteiger partial charge in [-0.2, -0.15) is 0 Å². The SMILES string of the molecule is CCNC(C)c1cnc(-c2cc(O)cc(F)c2)s1. The van der Waals surface area contributed by atoms with Crippen molar-refractivity contribution in [3.05, 3.63) is 35.1 Å². The topological polar surface area (TPSA) is 45.2 Å². The quantitative estimate of drug-likeness (QED) is 0.892. The van der Waals surface area contributed by atoms with E-state index in [2.05, 4.69) is 17.2 Å². The van der Waals surface area contributed by atoms with Gasteiger partial charge in [-0.3, -0.25) is 0 Å². The lowest BCUT2D eigenvalue weighted by atomic mass is 10.2. The normalized spacial score (nSPS) is 12.6. The molecule has 5 heteroatoms. The number of phenols is 1. The minimum Gasteiger partial charge on any atom is -0.508 e. The number of hydrogen-bond acceptors (Lipinski definition) is 4. The zero-order chi connectivity index (χ0) is 13.1. The standard InChI is InChI=1S/C13H15FN2OS/c1-3-15-8(2)12-7-16-13(18-12)9-4-10(14)6-11(17)5-9/h4-8,15,17H,3H2,1-2H3. The summed E-state index contributed by atoms with van der Waals surface area (Å²) in [5, 5.41) is 13.4. The smallest absolute Gasteiger partial charge is 0.127 e. The molecule has 1 aromatic heterocycles. The van der Waals surface area contributed by atoms with E-state index >= 15 is 0 Å². The van der Waals surface area contributed by atoms with E-state index in [-0.39, 0.29) is 11.8 Å². The van der Waals surface area contributed by atoms with E-state index in [1.807, 2.05) is 6.92 Å². The van der Waals surface area contributed by atoms with E-state index in [0.29, 0.717) is 10.6 Å². The van der Waals surface area contributed by atoms with Crippen LogP contribution in [0.15, 0.2) is 24.4 Å². The van der Waals surface area contributed by atoms with Crippen molar-refractivity contribution < 1.29 is 9.50 Å². The predicted octanol–water partition coefficient (Wildman–Crippen LogP) is 3.33. The van der Waals surface area contributed by atoms with Gasteiger partial charge in [-0.1, -0.05) is 6.92 Å². The Labute approximate surface area is 109 Å². The van der Waals surface area contributed by atoms with Crippen molar-refractivity contribution in [2.75, 3.05) is 6.54 Å². The summed E-state index contributed by atoms with van der Waals surface area (Å²) in [5.74, 6) is -0.539. The van der Waals surface area contributed by atoms with Gasteiger partial charge in [-0.05, 0) is 25.6 Å². The fraction of sp³-hybridized carbons (Fsp3) is 0.308. The lowest BCUT2D eigenvalue weighted by molar-refractivity contribution is 0.469. The first kappa shape index (κ1) is 13.0. The third-order valence-electron chi connectivity index (χ3n) is 2.59. The maximum Gasteiger partial charge on any atom is 0.127 e. The number of rotatable bonds is 4. The van der Waals surface area contributed by atoms with Crippen LogP contribution in [0, 0.1) is 5.82 Å². The first-order valence-corrected chi connectivity index (χ1v) is 6.61. The predicted molar refractivity (Wildman–Crippen MR) is 71.3 cm³/mol. The Balaban J connectivity index is 2.29. The van der Waals surface area contributed by atoms with Crippen molar-refractivity contribution in [3.8, 4) is 16.3 Å². The van der Waals surface area contributed by atoms with Crippen LogP contribution < -0.4 is 5.32 Å². The number of thiazole rings is 1. The van der Waals surface area contributed by atoms with Crippen molar-refractivity contribution in [3.63, 3.8) is 0 Å². The molecule has 0 saturated heterocycles. The van der Waals surface area contributed by atoms with Crippen molar-refractivity contribution in [2.24, 2.45) is 0 Å². The van der Waals surface area contributed by atoms with Crippen LogP contribution in [0.2, 0.25) is 0 Å². The van der Waals surface area contributed by atoms with Gasteiger partial charge in [-0.15, -0.1) is 11.3 Å². The van der Waals surface area contributed by atoms with Gasteiger partial charge in [-0.25, -0.2) is 9.37 Å². The van der Waals surface area contributed by atoms with E-state index < -0.39 is 5.82 Å². The molecule has 0 spiro atoms. The molecule has 3 nitrogen and oxygen atoms in total. The van der Waals surface area contributed by atoms with Crippen LogP contribution in [-0.2, 0) is 0 Å². The Bertz CT molecular complexity index is 521. The molecular weight excluding hydrogens is 251 g/mol. The lowest BCUT2D eigenvalue weighted by Gasteiger charge is -2.08. The van der Waals surface area contributed by atoms with Crippen LogP contribution in [0.25, 0.3) is 10.6 Å². The first-order valence-electron chi connectivity index (χ1n) is 5.79. The highest BCUT2D eigenvalue weighted by Gasteiger charge is 2.11. The molecule has 0 radical (unpaired) electrons. The third-order valence-corrected chi connectivity index (χ3v) is 3.82. The van der Waals surface area contributed by atoms with Gasteiger partial charge in [0.1, 0.15) is 16.6 Å². The van der Waals surface area contributed by atoms with E-state index in [4.69, 9.17) is 0 Å². The van der Waals surface area contributed by atoms with Gasteiger partial charge in [0.25, 0.3) is 0 Å². The summed E-state index contributed by atoms with van der Waals surface area (Å²) in [7, 11) is 0. The molecular formula is C13H15FN2OS. The molecule has 1 unspecified atom stereocenters. The zero-order valence-electron chi connectivity index (χ0n) is 10.3. The minimum absolute atomic E-state index is 0.0820. The molecule has 0 fully saturated rings. The van der Waals surface area contributed by atoms with E-state index in [1.54, 1.807) is 6.20 Å². The second kappa shape index (κ2) is 5.46. The first-order chi connectivity index (χ1) is 8.60. The Morgan fingerprint density at radius 3 is 2.89 bits per heavy atom. The summed E-state index contributed by atoms with van der Waals surface area (Å²) in [6, 6.07) is 4.20. The molecule has 2 N–H and O–H groups in total. The van der Waals surface area contributed by atoms with Crippen molar-refractivity contribution in [1.82, 2.24) is 10.3 Å². The van der Waals surface area contributed by atoms with Gasteiger partial charge in [0.2, 0.25) is 0 Å². The summed E-state index contributed by atoms with van der Waals surface area (Å²) in [6.45, 7) is 4.99. The highest BCUT2D eigenvalue weighted by Crippen LogP contribution is 2.31. The summed E-state index contributed by atoms with van der Waals surface area (Å²) in [4.78, 5) is 5.37. The van der Waals surface area contributed by atoms with Gasteiger partial charge in [0, 0.05) is 28.7 Å². The molecule has 1 atom stereocenters. The second-order valence-electron chi connectivity index (χ2n) is 4.05. The minimum atomic E-state index is -0.457. The van der Waals surface area contributed by atoms with Gasteiger partial charge >= 0.3 is 0 Å². The van der Waals surface area contributed by atoms with Crippen LogP contribution in [0.4, 0.5) is 4.39 Å². The number of hydrogen-bond donors (Lipinski definition) is 2. The van der Waals surface area contributed by atoms with Crippen LogP contribution in [-0.4, -0.2) is 16.6 Å². The molecule has 0 saturated carbocycles. The monoisotopic (exact) mass is 266 g/mol. The average molecular weight is 266 g/mol. The van der Waals surface area contributed by atoms with Gasteiger partial charge in [0.05, 0.1) is 0 Å². The van der Waals surface area contributed by atoms with Crippen LogP contribution in [0.3, 0.4) is 0 Å². The molecule has 0 aliphatic rings. The van der Waals surface area contributed by atoms with Gasteiger partial charge < -0.3 is 10.4 Å². The molecule has 2 rings (SSSR count). The fourth-order valence-corrected chi connectivity index (χ4v) is 2.65. The van der Waals surface area contributed by atoms with Crippen LogP contribution in [0.1, 0.15) is 24.8 Å². The molecule has 0 aliphatic carbocycles. The van der Waals surface area contributed by atoms with Crippen LogP contribution in [0.5, 0.6) is 5.75 Å². The Morgan fingerprint density at radius 2 is 2.22 bits per heavy atom. The molecule has 2 aromatic rings. The maximum atomic E-state index is 13.2. The van der Waals surface area contributed by atoms with E-state index in [1.165, 1.54) is 23.5 Å². The maximum absolute atomic E-state index is 13.2. The molecule has 1 aromatic carbocycles. The average Bonchev–Trinajstić information content (AvgIpc) is 2.77. The van der Waals surface area contributed by atoms with E-state index in [9.17, 15) is 9.50 Å². The van der Waals surface area contributed by atoms with Crippen molar-refractivity contribution in [2.45, 2.75) is 19.9 Å². The number of aromatic nitrogens is 1. The molecule has 0 bridgehead atoms. The Kier molecular flexibility index (Phi) is 3.93. The summed E-state index contributed by atoms with van der Waals surface area (Å²) in [5.41, 5.74) is 0.604. The molecule has 18 heavy (non-hydrogen) atoms. The van der Waals surface area contributed by atoms with Gasteiger partial charge in [0.15, 0.2) is 0 Å². The largest absolute Gasteiger partial charge is 0.508 e. The van der Waals surface area contributed by atoms with E-state index in [0.717, 1.165) is 17.5 Å². The molecule has 0 amide bonds. The number of nitrogens with one attached hydrogen (secondary N) is 1. The molecule has 1 heterocycles. The summed E-state index contributed by atoms with van der Waals surface area (Å²) >= 11 is 1.50. The number of aromatic hydroxyl groups is 1. The Morgan fingerprint density at radius 1 is 1.44 bits per heavy atom. The molecule has 96 valence electrons. The third kappa shape index (κ3) is 2.86. The zero-order valence-corrected chi connectivity index (χ0v) is 11.1.